The zero-order chi connectivity index (χ0) is 16.2. The molecular weight excluding hydrogens is 308 g/mol. The van der Waals surface area contributed by atoms with Crippen molar-refractivity contribution in [3.05, 3.63) is 48.0 Å². The second-order valence-corrected chi connectivity index (χ2v) is 6.12. The Morgan fingerprint density at radius 1 is 1.13 bits per heavy atom. The van der Waals surface area contributed by atoms with Crippen LogP contribution in [0.1, 0.15) is 45.1 Å². The number of hydrogen-bond acceptors (Lipinski definition) is 2. The molecular formula is C19H27ClN2O. The van der Waals surface area contributed by atoms with E-state index in [4.69, 9.17) is 5.73 Å². The van der Waals surface area contributed by atoms with E-state index in [1.807, 2.05) is 25.1 Å². The molecule has 1 atom stereocenters. The van der Waals surface area contributed by atoms with Gasteiger partial charge in [0.1, 0.15) is 0 Å². The van der Waals surface area contributed by atoms with Gasteiger partial charge in [-0.15, -0.1) is 12.4 Å². The highest BCUT2D eigenvalue weighted by Gasteiger charge is 2.23. The Morgan fingerprint density at radius 2 is 1.74 bits per heavy atom. The van der Waals surface area contributed by atoms with Crippen molar-refractivity contribution in [2.75, 3.05) is 6.54 Å². The fourth-order valence-electron chi connectivity index (χ4n) is 2.54. The molecule has 2 aromatic carbocycles. The zero-order valence-electron chi connectivity index (χ0n) is 14.1. The van der Waals surface area contributed by atoms with Gasteiger partial charge >= 0.3 is 0 Å². The number of rotatable bonds is 6. The van der Waals surface area contributed by atoms with Crippen molar-refractivity contribution in [1.29, 1.82) is 0 Å². The lowest BCUT2D eigenvalue weighted by atomic mass is 9.93. The molecule has 0 saturated heterocycles. The number of hydrogen-bond donors (Lipinski definition) is 2. The van der Waals surface area contributed by atoms with Crippen LogP contribution in [0.5, 0.6) is 0 Å². The van der Waals surface area contributed by atoms with E-state index in [1.165, 1.54) is 5.39 Å². The smallest absolute Gasteiger partial charge is 0.227 e. The van der Waals surface area contributed by atoms with Crippen molar-refractivity contribution in [1.82, 2.24) is 5.32 Å². The fraction of sp³-hybridized carbons (Fsp3) is 0.421. The predicted molar refractivity (Wildman–Crippen MR) is 100 cm³/mol. The minimum absolute atomic E-state index is 0. The van der Waals surface area contributed by atoms with E-state index < -0.39 is 0 Å². The zero-order valence-corrected chi connectivity index (χ0v) is 15.0. The summed E-state index contributed by atoms with van der Waals surface area (Å²) in [4.78, 5) is 12.4. The van der Waals surface area contributed by atoms with E-state index in [0.717, 1.165) is 23.8 Å². The van der Waals surface area contributed by atoms with Crippen molar-refractivity contribution < 1.29 is 4.79 Å². The number of carbonyl (C=O) groups is 1. The second kappa shape index (κ2) is 8.32. The maximum absolute atomic E-state index is 12.4. The van der Waals surface area contributed by atoms with Gasteiger partial charge in [0.05, 0.1) is 5.92 Å². The van der Waals surface area contributed by atoms with Crippen LogP contribution in [0.25, 0.3) is 10.8 Å². The van der Waals surface area contributed by atoms with Crippen molar-refractivity contribution in [3.63, 3.8) is 0 Å². The summed E-state index contributed by atoms with van der Waals surface area (Å²) in [5, 5.41) is 5.36. The van der Waals surface area contributed by atoms with Crippen LogP contribution < -0.4 is 11.1 Å². The number of nitrogens with two attached hydrogens (primary N) is 1. The first-order chi connectivity index (χ1) is 10.5. The molecule has 126 valence electrons. The van der Waals surface area contributed by atoms with Crippen LogP contribution in [0.15, 0.2) is 42.5 Å². The topological polar surface area (TPSA) is 55.1 Å². The Hall–Kier alpha value is -1.58. The van der Waals surface area contributed by atoms with Gasteiger partial charge in [-0.2, -0.15) is 0 Å². The van der Waals surface area contributed by atoms with Crippen molar-refractivity contribution in [2.45, 2.75) is 45.1 Å². The lowest BCUT2D eigenvalue weighted by molar-refractivity contribution is -0.122. The molecule has 0 heterocycles. The third-order valence-corrected chi connectivity index (χ3v) is 4.69. The molecule has 1 unspecified atom stereocenters. The molecule has 1 amide bonds. The molecule has 0 saturated carbocycles. The van der Waals surface area contributed by atoms with Crippen molar-refractivity contribution in [2.24, 2.45) is 5.73 Å². The van der Waals surface area contributed by atoms with Crippen LogP contribution in [-0.4, -0.2) is 18.0 Å². The summed E-state index contributed by atoms with van der Waals surface area (Å²) < 4.78 is 0. The summed E-state index contributed by atoms with van der Waals surface area (Å²) in [6.45, 7) is 6.58. The molecule has 0 aliphatic carbocycles. The van der Waals surface area contributed by atoms with E-state index in [-0.39, 0.29) is 29.8 Å². The molecule has 0 aliphatic rings. The lowest BCUT2D eigenvalue weighted by Gasteiger charge is -2.27. The first-order valence-corrected chi connectivity index (χ1v) is 8.04. The Balaban J connectivity index is 0.00000264. The number of benzene rings is 2. The first kappa shape index (κ1) is 19.5. The number of nitrogens with one attached hydrogen (secondary N) is 1. The molecule has 0 aromatic heterocycles. The molecule has 0 fully saturated rings. The number of halogens is 1. The normalized spacial score (nSPS) is 12.5. The number of fused-ring (bicyclic) bond motifs is 1. The molecule has 3 nitrogen and oxygen atoms in total. The Morgan fingerprint density at radius 3 is 2.35 bits per heavy atom. The second-order valence-electron chi connectivity index (χ2n) is 6.12. The maximum Gasteiger partial charge on any atom is 0.227 e. The van der Waals surface area contributed by atoms with Gasteiger partial charge in [0.25, 0.3) is 0 Å². The van der Waals surface area contributed by atoms with Crippen LogP contribution in [0.2, 0.25) is 0 Å². The van der Waals surface area contributed by atoms with Crippen LogP contribution in [0, 0.1) is 0 Å². The summed E-state index contributed by atoms with van der Waals surface area (Å²) in [6, 6.07) is 14.4. The molecule has 0 radical (unpaired) electrons. The molecule has 2 aromatic rings. The highest BCUT2D eigenvalue weighted by Crippen LogP contribution is 2.22. The third kappa shape index (κ3) is 4.69. The molecule has 4 heteroatoms. The standard InChI is InChI=1S/C19H26N2O.ClH/c1-4-19(20,5-2)13-21-18(22)14(3)16-11-10-15-8-6-7-9-17(15)12-16;/h6-12,14H,4-5,13,20H2,1-3H3,(H,21,22);1H. The summed E-state index contributed by atoms with van der Waals surface area (Å²) in [5.74, 6) is -0.144. The minimum Gasteiger partial charge on any atom is -0.354 e. The largest absolute Gasteiger partial charge is 0.354 e. The molecule has 0 bridgehead atoms. The molecule has 0 aliphatic heterocycles. The van der Waals surface area contributed by atoms with Crippen molar-refractivity contribution >= 4 is 29.1 Å². The Bertz CT molecular complexity index is 653. The van der Waals surface area contributed by atoms with Gasteiger partial charge in [-0.25, -0.2) is 0 Å². The molecule has 0 spiro atoms. The summed E-state index contributed by atoms with van der Waals surface area (Å²) in [7, 11) is 0. The Kier molecular flexibility index (Phi) is 7.04. The fourth-order valence-corrected chi connectivity index (χ4v) is 2.54. The highest BCUT2D eigenvalue weighted by atomic mass is 35.5. The van der Waals surface area contributed by atoms with Gasteiger partial charge < -0.3 is 11.1 Å². The van der Waals surface area contributed by atoms with Crippen LogP contribution in [0.3, 0.4) is 0 Å². The van der Waals surface area contributed by atoms with Gasteiger partial charge in [0.2, 0.25) is 5.91 Å². The van der Waals surface area contributed by atoms with E-state index in [1.54, 1.807) is 0 Å². The average Bonchev–Trinajstić information content (AvgIpc) is 2.58. The van der Waals surface area contributed by atoms with E-state index >= 15 is 0 Å². The summed E-state index contributed by atoms with van der Waals surface area (Å²) in [5.41, 5.74) is 6.97. The number of carbonyl (C=O) groups excluding carboxylic acids is 1. The van der Waals surface area contributed by atoms with Gasteiger partial charge in [0, 0.05) is 12.1 Å². The highest BCUT2D eigenvalue weighted by molar-refractivity contribution is 5.87. The summed E-state index contributed by atoms with van der Waals surface area (Å²) in [6.07, 6.45) is 1.71. The van der Waals surface area contributed by atoms with Gasteiger partial charge in [0.15, 0.2) is 0 Å². The minimum atomic E-state index is -0.307. The monoisotopic (exact) mass is 334 g/mol. The van der Waals surface area contributed by atoms with Crippen LogP contribution in [-0.2, 0) is 4.79 Å². The molecule has 2 rings (SSSR count). The van der Waals surface area contributed by atoms with Gasteiger partial charge in [-0.3, -0.25) is 4.79 Å². The van der Waals surface area contributed by atoms with E-state index in [9.17, 15) is 4.79 Å². The van der Waals surface area contributed by atoms with Crippen LogP contribution in [0.4, 0.5) is 0 Å². The predicted octanol–water partition coefficient (Wildman–Crippen LogP) is 4.00. The molecule has 3 N–H and O–H groups in total. The van der Waals surface area contributed by atoms with E-state index in [0.29, 0.717) is 6.54 Å². The third-order valence-electron chi connectivity index (χ3n) is 4.69. The average molecular weight is 335 g/mol. The number of amides is 1. The van der Waals surface area contributed by atoms with Gasteiger partial charge in [-0.1, -0.05) is 56.3 Å². The quantitative estimate of drug-likeness (QED) is 0.839. The lowest BCUT2D eigenvalue weighted by Crippen LogP contribution is -2.49. The first-order valence-electron chi connectivity index (χ1n) is 8.04. The maximum atomic E-state index is 12.4. The van der Waals surface area contributed by atoms with Crippen LogP contribution >= 0.6 is 12.4 Å². The van der Waals surface area contributed by atoms with Crippen molar-refractivity contribution in [3.8, 4) is 0 Å². The SMILES string of the molecule is CCC(N)(CC)CNC(=O)C(C)c1ccc2ccccc2c1.Cl. The Labute approximate surface area is 145 Å². The van der Waals surface area contributed by atoms with E-state index in [2.05, 4.69) is 43.4 Å². The van der Waals surface area contributed by atoms with Gasteiger partial charge in [-0.05, 0) is 36.1 Å². The summed E-state index contributed by atoms with van der Waals surface area (Å²) >= 11 is 0. The molecule has 23 heavy (non-hydrogen) atoms.